The first-order valence-corrected chi connectivity index (χ1v) is 10.4. The van der Waals surface area contributed by atoms with Crippen LogP contribution in [0, 0.1) is 0 Å². The number of halogens is 4. The Morgan fingerprint density at radius 3 is 2.66 bits per heavy atom. The first-order chi connectivity index (χ1) is 15.1. The molecule has 172 valence electrons. The van der Waals surface area contributed by atoms with E-state index in [1.165, 1.54) is 24.3 Å². The summed E-state index contributed by atoms with van der Waals surface area (Å²) in [5, 5.41) is 12.5. The van der Waals surface area contributed by atoms with Crippen molar-refractivity contribution in [1.82, 2.24) is 5.16 Å². The number of hydrogen-bond donors (Lipinski definition) is 1. The van der Waals surface area contributed by atoms with Gasteiger partial charge in [0.2, 0.25) is 0 Å². The molecule has 0 saturated heterocycles. The highest BCUT2D eigenvalue weighted by atomic mass is 35.5. The van der Waals surface area contributed by atoms with E-state index in [1.807, 2.05) is 18.9 Å². The largest absolute Gasteiger partial charge is 0.493 e. The number of aryl methyl sites for hydroxylation is 1. The van der Waals surface area contributed by atoms with Crippen LogP contribution in [0.25, 0.3) is 11.0 Å². The molecule has 1 heterocycles. The van der Waals surface area contributed by atoms with Gasteiger partial charge in [0, 0.05) is 19.2 Å². The smallest absolute Gasteiger partial charge is 0.437 e. The zero-order valence-corrected chi connectivity index (χ0v) is 18.3. The zero-order chi connectivity index (χ0) is 23.5. The highest BCUT2D eigenvalue weighted by Crippen LogP contribution is 2.38. The fourth-order valence-electron chi connectivity index (χ4n) is 3.42. The molecule has 6 nitrogen and oxygen atoms in total. The second kappa shape index (κ2) is 9.68. The number of carbonyl (C=O) groups is 1. The molecule has 0 unspecified atom stereocenters. The molecule has 3 aromatic rings. The number of alkyl halides is 3. The fourth-order valence-corrected chi connectivity index (χ4v) is 3.75. The number of fused-ring (bicyclic) bond motifs is 1. The fraction of sp³-hybridized carbons (Fsp3) is 0.364. The molecule has 10 heteroatoms. The van der Waals surface area contributed by atoms with Gasteiger partial charge < -0.3 is 19.3 Å². The molecule has 0 amide bonds. The molecule has 0 bridgehead atoms. The predicted octanol–water partition coefficient (Wildman–Crippen LogP) is 6.06. The van der Waals surface area contributed by atoms with Crippen LogP contribution in [-0.2, 0) is 12.6 Å². The van der Waals surface area contributed by atoms with Crippen molar-refractivity contribution < 1.29 is 32.3 Å². The van der Waals surface area contributed by atoms with Gasteiger partial charge >= 0.3 is 12.1 Å². The third kappa shape index (κ3) is 5.09. The second-order valence-corrected chi connectivity index (χ2v) is 7.70. The summed E-state index contributed by atoms with van der Waals surface area (Å²) in [5.74, 6) is -0.584. The minimum atomic E-state index is -4.59. The van der Waals surface area contributed by atoms with Gasteiger partial charge in [-0.25, -0.2) is 4.79 Å². The molecule has 0 saturated carbocycles. The topological polar surface area (TPSA) is 75.8 Å². The predicted molar refractivity (Wildman–Crippen MR) is 115 cm³/mol. The number of aromatic nitrogens is 1. The molecular formula is C22H22ClF3N2O4. The minimum absolute atomic E-state index is 0.0764. The standard InChI is InChI=1S/C22H22ClF3N2O4/c1-3-5-14-18(9-7-15-19(14)32-27-20(15)22(24,25)26)31-11-4-10-28(2)17-8-6-13(21(29)30)12-16(17)23/h6-9,12H,3-5,10-11H2,1-2H3,(H,29,30). The van der Waals surface area contributed by atoms with Gasteiger partial charge in [-0.2, -0.15) is 13.2 Å². The lowest BCUT2D eigenvalue weighted by molar-refractivity contribution is -0.141. The van der Waals surface area contributed by atoms with Crippen molar-refractivity contribution in [1.29, 1.82) is 0 Å². The van der Waals surface area contributed by atoms with E-state index >= 15 is 0 Å². The van der Waals surface area contributed by atoms with E-state index in [4.69, 9.17) is 26.0 Å². The van der Waals surface area contributed by atoms with Gasteiger partial charge in [0.1, 0.15) is 5.75 Å². The number of anilines is 1. The Morgan fingerprint density at radius 2 is 2.03 bits per heavy atom. The highest BCUT2D eigenvalue weighted by molar-refractivity contribution is 6.33. The van der Waals surface area contributed by atoms with Gasteiger partial charge in [0.15, 0.2) is 11.3 Å². The van der Waals surface area contributed by atoms with Gasteiger partial charge in [0.05, 0.1) is 28.3 Å². The lowest BCUT2D eigenvalue weighted by Crippen LogP contribution is -2.21. The third-order valence-corrected chi connectivity index (χ3v) is 5.27. The Balaban J connectivity index is 1.67. The van der Waals surface area contributed by atoms with Crippen LogP contribution in [0.15, 0.2) is 34.9 Å². The number of carboxylic acid groups (broad SMARTS) is 1. The maximum Gasteiger partial charge on any atom is 0.437 e. The molecule has 3 rings (SSSR count). The van der Waals surface area contributed by atoms with E-state index in [1.54, 1.807) is 6.07 Å². The quantitative estimate of drug-likeness (QED) is 0.383. The molecule has 32 heavy (non-hydrogen) atoms. The average Bonchev–Trinajstić information content (AvgIpc) is 3.17. The van der Waals surface area contributed by atoms with E-state index in [0.29, 0.717) is 54.4 Å². The molecule has 0 atom stereocenters. The van der Waals surface area contributed by atoms with E-state index in [-0.39, 0.29) is 16.5 Å². The van der Waals surface area contributed by atoms with Crippen molar-refractivity contribution >= 4 is 34.2 Å². The third-order valence-electron chi connectivity index (χ3n) is 4.97. The molecule has 0 radical (unpaired) electrons. The van der Waals surface area contributed by atoms with Crippen molar-refractivity contribution in [2.45, 2.75) is 32.4 Å². The lowest BCUT2D eigenvalue weighted by atomic mass is 10.0. The number of nitrogens with zero attached hydrogens (tertiary/aromatic N) is 2. The number of aromatic carboxylic acids is 1. The molecule has 0 aliphatic carbocycles. The first-order valence-electron chi connectivity index (χ1n) is 9.98. The normalized spacial score (nSPS) is 11.7. The van der Waals surface area contributed by atoms with E-state index in [9.17, 15) is 18.0 Å². The van der Waals surface area contributed by atoms with Crippen molar-refractivity contribution in [3.05, 3.63) is 52.2 Å². The Kier molecular flexibility index (Phi) is 7.18. The molecule has 1 aromatic heterocycles. The number of carboxylic acids is 1. The summed E-state index contributed by atoms with van der Waals surface area (Å²) in [6.45, 7) is 2.80. The summed E-state index contributed by atoms with van der Waals surface area (Å²) in [4.78, 5) is 12.9. The summed E-state index contributed by atoms with van der Waals surface area (Å²) < 4.78 is 50.3. The minimum Gasteiger partial charge on any atom is -0.493 e. The molecule has 0 aliphatic heterocycles. The summed E-state index contributed by atoms with van der Waals surface area (Å²) in [6, 6.07) is 7.35. The molecular weight excluding hydrogens is 449 g/mol. The first kappa shape index (κ1) is 23.7. The number of hydrogen-bond acceptors (Lipinski definition) is 5. The van der Waals surface area contributed by atoms with Gasteiger partial charge in [-0.05, 0) is 43.2 Å². The molecule has 0 fully saturated rings. The van der Waals surface area contributed by atoms with Crippen molar-refractivity contribution in [2.24, 2.45) is 0 Å². The Bertz CT molecular complexity index is 1110. The zero-order valence-electron chi connectivity index (χ0n) is 17.5. The van der Waals surface area contributed by atoms with Gasteiger partial charge in [-0.15, -0.1) is 0 Å². The summed E-state index contributed by atoms with van der Waals surface area (Å²) >= 11 is 6.19. The lowest BCUT2D eigenvalue weighted by Gasteiger charge is -2.21. The maximum atomic E-state index is 13.1. The summed E-state index contributed by atoms with van der Waals surface area (Å²) in [6.07, 6.45) is -2.80. The maximum absolute atomic E-state index is 13.1. The average molecular weight is 471 g/mol. The van der Waals surface area contributed by atoms with Crippen LogP contribution in [0.1, 0.15) is 41.4 Å². The van der Waals surface area contributed by atoms with Crippen LogP contribution in [0.2, 0.25) is 5.02 Å². The van der Waals surface area contributed by atoms with Crippen molar-refractivity contribution in [3.63, 3.8) is 0 Å². The summed E-state index contributed by atoms with van der Waals surface area (Å²) in [5.41, 5.74) is 0.415. The van der Waals surface area contributed by atoms with E-state index < -0.39 is 17.8 Å². The number of ether oxygens (including phenoxy) is 1. The summed E-state index contributed by atoms with van der Waals surface area (Å²) in [7, 11) is 1.82. The van der Waals surface area contributed by atoms with E-state index in [2.05, 4.69) is 5.16 Å². The highest BCUT2D eigenvalue weighted by Gasteiger charge is 2.37. The second-order valence-electron chi connectivity index (χ2n) is 7.29. The SMILES string of the molecule is CCCc1c(OCCCN(C)c2ccc(C(=O)O)cc2Cl)ccc2c(C(F)(F)F)noc12. The van der Waals surface area contributed by atoms with Crippen LogP contribution in [0.5, 0.6) is 5.75 Å². The Labute approximate surface area is 187 Å². The Hall–Kier alpha value is -2.94. The molecule has 1 N–H and O–H groups in total. The van der Waals surface area contributed by atoms with E-state index in [0.717, 1.165) is 0 Å². The molecule has 2 aromatic carbocycles. The van der Waals surface area contributed by atoms with Gasteiger partial charge in [-0.3, -0.25) is 0 Å². The van der Waals surface area contributed by atoms with Crippen molar-refractivity contribution in [3.8, 4) is 5.75 Å². The van der Waals surface area contributed by atoms with Crippen LogP contribution in [-0.4, -0.2) is 36.4 Å². The van der Waals surface area contributed by atoms with Gasteiger partial charge in [0.25, 0.3) is 0 Å². The molecule has 0 aliphatic rings. The monoisotopic (exact) mass is 470 g/mol. The number of benzene rings is 2. The number of rotatable bonds is 9. The van der Waals surface area contributed by atoms with Crippen LogP contribution in [0.3, 0.4) is 0 Å². The Morgan fingerprint density at radius 1 is 1.28 bits per heavy atom. The van der Waals surface area contributed by atoms with Crippen molar-refractivity contribution in [2.75, 3.05) is 25.1 Å². The molecule has 0 spiro atoms. The van der Waals surface area contributed by atoms with Crippen LogP contribution in [0.4, 0.5) is 18.9 Å². The van der Waals surface area contributed by atoms with Gasteiger partial charge in [-0.1, -0.05) is 30.1 Å². The van der Waals surface area contributed by atoms with Crippen LogP contribution >= 0.6 is 11.6 Å². The van der Waals surface area contributed by atoms with Crippen LogP contribution < -0.4 is 9.64 Å².